The maximum absolute atomic E-state index is 10.0. The number of aromatic nitrogens is 2. The Kier molecular flexibility index (Phi) is 7.90. The fourth-order valence-corrected chi connectivity index (χ4v) is 0.967. The first kappa shape index (κ1) is 16.9. The van der Waals surface area contributed by atoms with Crippen LogP contribution < -0.4 is 10.2 Å². The minimum Gasteiger partial charge on any atom is -0.543 e. The van der Waals surface area contributed by atoms with Gasteiger partial charge in [0.1, 0.15) is 0 Å². The molecule has 0 unspecified atom stereocenters. The molecule has 2 aromatic heterocycles. The minimum absolute atomic E-state index is 0. The van der Waals surface area contributed by atoms with E-state index in [1.807, 2.05) is 0 Å². The number of pyridine rings is 2. The molecule has 0 aliphatic heterocycles. The first-order chi connectivity index (χ1) is 8.61. The Morgan fingerprint density at radius 2 is 1.16 bits per heavy atom. The average Bonchev–Trinajstić information content (AvgIpc) is 2.41. The zero-order chi connectivity index (χ0) is 13.4. The molecule has 2 rings (SSSR count). The number of hydrogen-bond acceptors (Lipinski definition) is 6. The van der Waals surface area contributed by atoms with Crippen molar-refractivity contribution >= 4 is 31.7 Å². The van der Waals surface area contributed by atoms with Crippen LogP contribution in [0.1, 0.15) is 21.0 Å². The monoisotopic (exact) mass is 313 g/mol. The number of carboxylic acid groups (broad SMARTS) is 2. The Morgan fingerprint density at radius 1 is 0.789 bits per heavy atom. The van der Waals surface area contributed by atoms with Crippen molar-refractivity contribution in [1.29, 1.82) is 0 Å². The van der Waals surface area contributed by atoms with Crippen LogP contribution in [0.15, 0.2) is 48.8 Å². The molecular weight excluding hydrogens is 306 g/mol. The zero-order valence-electron chi connectivity index (χ0n) is 9.72. The third-order valence-electron chi connectivity index (χ3n) is 1.75. The maximum atomic E-state index is 10.0. The molecule has 93 valence electrons. The molecule has 19 heavy (non-hydrogen) atoms. The SMILES string of the molecule is O=C([O-])c1ccccn1.O=C([O-])c1ccccn1.[Ga+2]. The molecule has 2 aromatic rings. The quantitative estimate of drug-likeness (QED) is 0.625. The van der Waals surface area contributed by atoms with Crippen LogP contribution >= 0.6 is 0 Å². The fraction of sp³-hybridized carbons (Fsp3) is 0. The van der Waals surface area contributed by atoms with Gasteiger partial charge in [-0.1, -0.05) is 12.1 Å². The van der Waals surface area contributed by atoms with Crippen LogP contribution in [0.25, 0.3) is 0 Å². The van der Waals surface area contributed by atoms with Crippen LogP contribution in [-0.4, -0.2) is 41.7 Å². The topological polar surface area (TPSA) is 106 Å². The molecule has 0 aliphatic carbocycles. The molecule has 2 heterocycles. The summed E-state index contributed by atoms with van der Waals surface area (Å²) in [5.74, 6) is -2.48. The summed E-state index contributed by atoms with van der Waals surface area (Å²) >= 11 is 0. The number of carbonyl (C=O) groups is 2. The summed E-state index contributed by atoms with van der Waals surface area (Å²) in [6, 6.07) is 9.25. The van der Waals surface area contributed by atoms with E-state index in [9.17, 15) is 19.8 Å². The van der Waals surface area contributed by atoms with Crippen molar-refractivity contribution in [2.24, 2.45) is 0 Å². The van der Waals surface area contributed by atoms with Crippen molar-refractivity contribution in [3.8, 4) is 0 Å². The van der Waals surface area contributed by atoms with E-state index in [4.69, 9.17) is 0 Å². The molecular formula is C12H8GaN2O4. The van der Waals surface area contributed by atoms with Crippen LogP contribution in [0.3, 0.4) is 0 Å². The van der Waals surface area contributed by atoms with Crippen LogP contribution in [0.5, 0.6) is 0 Å². The fourth-order valence-electron chi connectivity index (χ4n) is 0.967. The van der Waals surface area contributed by atoms with Gasteiger partial charge in [0.05, 0.1) is 23.3 Å². The number of hydrogen-bond donors (Lipinski definition) is 0. The van der Waals surface area contributed by atoms with E-state index in [1.165, 1.54) is 24.5 Å². The molecule has 7 heteroatoms. The summed E-state index contributed by atoms with van der Waals surface area (Å²) in [6.45, 7) is 0. The Balaban J connectivity index is 0.000000324. The Morgan fingerprint density at radius 3 is 1.32 bits per heavy atom. The van der Waals surface area contributed by atoms with Crippen molar-refractivity contribution in [1.82, 2.24) is 9.97 Å². The van der Waals surface area contributed by atoms with E-state index in [1.54, 1.807) is 24.3 Å². The van der Waals surface area contributed by atoms with E-state index in [2.05, 4.69) is 9.97 Å². The van der Waals surface area contributed by atoms with Crippen LogP contribution in [-0.2, 0) is 0 Å². The molecule has 0 fully saturated rings. The summed E-state index contributed by atoms with van der Waals surface area (Å²) in [4.78, 5) is 27.1. The number of carbonyl (C=O) groups excluding carboxylic acids is 2. The van der Waals surface area contributed by atoms with Gasteiger partial charge in [0.15, 0.2) is 0 Å². The van der Waals surface area contributed by atoms with Crippen LogP contribution in [0.2, 0.25) is 0 Å². The van der Waals surface area contributed by atoms with Gasteiger partial charge >= 0.3 is 19.8 Å². The first-order valence-electron chi connectivity index (χ1n) is 4.86. The first-order valence-corrected chi connectivity index (χ1v) is 4.86. The second kappa shape index (κ2) is 8.89. The van der Waals surface area contributed by atoms with Gasteiger partial charge in [-0.2, -0.15) is 0 Å². The van der Waals surface area contributed by atoms with Crippen molar-refractivity contribution in [3.05, 3.63) is 60.2 Å². The van der Waals surface area contributed by atoms with Gasteiger partial charge in [0.2, 0.25) is 0 Å². The number of rotatable bonds is 2. The average molecular weight is 314 g/mol. The summed E-state index contributed by atoms with van der Waals surface area (Å²) < 4.78 is 0. The number of carboxylic acids is 2. The largest absolute Gasteiger partial charge is 2.00 e. The van der Waals surface area contributed by atoms with Gasteiger partial charge in [-0.15, -0.1) is 0 Å². The molecule has 0 aromatic carbocycles. The van der Waals surface area contributed by atoms with Gasteiger partial charge in [-0.05, 0) is 24.3 Å². The van der Waals surface area contributed by atoms with E-state index >= 15 is 0 Å². The van der Waals surface area contributed by atoms with Crippen molar-refractivity contribution in [2.75, 3.05) is 0 Å². The molecule has 0 aliphatic rings. The molecule has 0 saturated carbocycles. The van der Waals surface area contributed by atoms with Crippen LogP contribution in [0.4, 0.5) is 0 Å². The predicted molar refractivity (Wildman–Crippen MR) is 62.9 cm³/mol. The smallest absolute Gasteiger partial charge is 0.543 e. The second-order valence-electron chi connectivity index (χ2n) is 3.00. The zero-order valence-corrected chi connectivity index (χ0v) is 12.1. The molecule has 1 radical (unpaired) electrons. The van der Waals surface area contributed by atoms with Crippen molar-refractivity contribution < 1.29 is 19.8 Å². The number of aromatic carboxylic acids is 2. The Hall–Kier alpha value is -2.12. The van der Waals surface area contributed by atoms with Gasteiger partial charge in [-0.25, -0.2) is 0 Å². The van der Waals surface area contributed by atoms with E-state index in [-0.39, 0.29) is 31.2 Å². The second-order valence-corrected chi connectivity index (χ2v) is 3.00. The van der Waals surface area contributed by atoms with E-state index in [0.717, 1.165) is 0 Å². The molecule has 0 spiro atoms. The van der Waals surface area contributed by atoms with Crippen molar-refractivity contribution in [3.63, 3.8) is 0 Å². The summed E-state index contributed by atoms with van der Waals surface area (Å²) in [5.41, 5.74) is -0.0602. The van der Waals surface area contributed by atoms with E-state index in [0.29, 0.717) is 0 Å². The third kappa shape index (κ3) is 6.39. The predicted octanol–water partition coefficient (Wildman–Crippen LogP) is -1.49. The third-order valence-corrected chi connectivity index (χ3v) is 1.75. The van der Waals surface area contributed by atoms with Gasteiger partial charge in [-0.3, -0.25) is 9.97 Å². The standard InChI is InChI=1S/2C6H5NO2.Ga/c2*8-6(9)5-3-1-2-4-7-5;/h2*1-4H,(H,8,9);/q;;+2/p-2. The van der Waals surface area contributed by atoms with Crippen LogP contribution in [0, 0.1) is 0 Å². The molecule has 0 atom stereocenters. The summed E-state index contributed by atoms with van der Waals surface area (Å²) in [7, 11) is 0. The van der Waals surface area contributed by atoms with Gasteiger partial charge < -0.3 is 19.8 Å². The molecule has 0 N–H and O–H groups in total. The van der Waals surface area contributed by atoms with Gasteiger partial charge in [0, 0.05) is 12.4 Å². The molecule has 6 nitrogen and oxygen atoms in total. The van der Waals surface area contributed by atoms with Gasteiger partial charge in [0.25, 0.3) is 0 Å². The maximum Gasteiger partial charge on any atom is 2.00 e. The summed E-state index contributed by atoms with van der Waals surface area (Å²) in [6.07, 6.45) is 2.82. The summed E-state index contributed by atoms with van der Waals surface area (Å²) in [5, 5.41) is 20.1. The normalized spacial score (nSPS) is 8.42. The van der Waals surface area contributed by atoms with Crippen molar-refractivity contribution in [2.45, 2.75) is 0 Å². The Labute approximate surface area is 122 Å². The number of nitrogens with zero attached hydrogens (tertiary/aromatic N) is 2. The molecule has 0 amide bonds. The van der Waals surface area contributed by atoms with E-state index < -0.39 is 11.9 Å². The minimum atomic E-state index is -1.24. The Bertz CT molecular complexity index is 470. The molecule has 0 bridgehead atoms. The molecule has 0 saturated heterocycles.